The van der Waals surface area contributed by atoms with Crippen LogP contribution in [-0.2, 0) is 0 Å². The van der Waals surface area contributed by atoms with Crippen molar-refractivity contribution in [2.24, 2.45) is 0 Å². The van der Waals surface area contributed by atoms with E-state index in [-0.39, 0.29) is 0 Å². The lowest BCUT2D eigenvalue weighted by Gasteiger charge is -2.00. The van der Waals surface area contributed by atoms with Gasteiger partial charge in [0.25, 0.3) is 0 Å². The van der Waals surface area contributed by atoms with E-state index in [4.69, 9.17) is 0 Å². The maximum absolute atomic E-state index is 4.13. The summed E-state index contributed by atoms with van der Waals surface area (Å²) in [5, 5.41) is 3.63. The van der Waals surface area contributed by atoms with E-state index in [2.05, 4.69) is 39.3 Å². The second-order valence-corrected chi connectivity index (χ2v) is 3.58. The SMILES string of the molecule is Cc1ccc2c(P)cncc2c1. The molecule has 0 spiro atoms. The normalized spacial score (nSPS) is 10.5. The zero-order valence-corrected chi connectivity index (χ0v) is 8.07. The van der Waals surface area contributed by atoms with Crippen LogP contribution >= 0.6 is 9.24 Å². The van der Waals surface area contributed by atoms with E-state index in [0.717, 1.165) is 5.30 Å². The number of pyridine rings is 1. The minimum atomic E-state index is 1.16. The van der Waals surface area contributed by atoms with Gasteiger partial charge in [0.2, 0.25) is 0 Å². The van der Waals surface area contributed by atoms with Crippen molar-refractivity contribution in [3.8, 4) is 0 Å². The fourth-order valence-electron chi connectivity index (χ4n) is 1.32. The molecule has 0 aliphatic heterocycles. The lowest BCUT2D eigenvalue weighted by Crippen LogP contribution is -1.94. The Labute approximate surface area is 74.0 Å². The highest BCUT2D eigenvalue weighted by Gasteiger charge is 1.95. The van der Waals surface area contributed by atoms with Gasteiger partial charge in [0.15, 0.2) is 0 Å². The number of hydrogen-bond acceptors (Lipinski definition) is 1. The maximum atomic E-state index is 4.13. The molecule has 60 valence electrons. The monoisotopic (exact) mass is 175 g/mol. The molecule has 0 aliphatic rings. The van der Waals surface area contributed by atoms with Crippen molar-refractivity contribution in [1.29, 1.82) is 0 Å². The van der Waals surface area contributed by atoms with Crippen molar-refractivity contribution >= 4 is 25.3 Å². The minimum absolute atomic E-state index is 1.16. The lowest BCUT2D eigenvalue weighted by atomic mass is 10.1. The van der Waals surface area contributed by atoms with E-state index in [1.54, 1.807) is 0 Å². The Hall–Kier alpha value is -0.940. The largest absolute Gasteiger partial charge is 0.263 e. The molecular weight excluding hydrogens is 165 g/mol. The van der Waals surface area contributed by atoms with Crippen LogP contribution in [0.4, 0.5) is 0 Å². The van der Waals surface area contributed by atoms with E-state index in [1.807, 2.05) is 12.4 Å². The number of rotatable bonds is 0. The molecule has 0 saturated heterocycles. The third-order valence-corrected chi connectivity index (χ3v) is 2.41. The number of aromatic nitrogens is 1. The summed E-state index contributed by atoms with van der Waals surface area (Å²) in [4.78, 5) is 4.13. The summed E-state index contributed by atoms with van der Waals surface area (Å²) >= 11 is 0. The van der Waals surface area contributed by atoms with Crippen molar-refractivity contribution in [3.63, 3.8) is 0 Å². The summed E-state index contributed by atoms with van der Waals surface area (Å²) in [6.45, 7) is 2.09. The third-order valence-electron chi connectivity index (χ3n) is 1.95. The number of nitrogens with zero attached hydrogens (tertiary/aromatic N) is 1. The van der Waals surface area contributed by atoms with Crippen molar-refractivity contribution in [3.05, 3.63) is 36.2 Å². The fraction of sp³-hybridized carbons (Fsp3) is 0.100. The van der Waals surface area contributed by atoms with Crippen LogP contribution in [-0.4, -0.2) is 4.98 Å². The van der Waals surface area contributed by atoms with E-state index in [1.165, 1.54) is 16.3 Å². The van der Waals surface area contributed by atoms with E-state index < -0.39 is 0 Å². The van der Waals surface area contributed by atoms with Gasteiger partial charge >= 0.3 is 0 Å². The van der Waals surface area contributed by atoms with Crippen LogP contribution in [0.25, 0.3) is 10.8 Å². The summed E-state index contributed by atoms with van der Waals surface area (Å²) in [5.41, 5.74) is 1.28. The van der Waals surface area contributed by atoms with Crippen LogP contribution in [0.3, 0.4) is 0 Å². The van der Waals surface area contributed by atoms with Gasteiger partial charge in [-0.2, -0.15) is 0 Å². The molecule has 2 rings (SSSR count). The van der Waals surface area contributed by atoms with Gasteiger partial charge in [-0.3, -0.25) is 4.98 Å². The molecular formula is C10H10NP. The minimum Gasteiger partial charge on any atom is -0.263 e. The first-order chi connectivity index (χ1) is 5.77. The van der Waals surface area contributed by atoms with Crippen LogP contribution in [0.5, 0.6) is 0 Å². The maximum Gasteiger partial charge on any atom is 0.0346 e. The molecule has 0 radical (unpaired) electrons. The summed E-state index contributed by atoms with van der Waals surface area (Å²) in [6.07, 6.45) is 3.76. The molecule has 0 N–H and O–H groups in total. The lowest BCUT2D eigenvalue weighted by molar-refractivity contribution is 1.37. The van der Waals surface area contributed by atoms with Crippen molar-refractivity contribution in [1.82, 2.24) is 4.98 Å². The molecule has 0 amide bonds. The van der Waals surface area contributed by atoms with Crippen LogP contribution in [0.15, 0.2) is 30.6 Å². The molecule has 1 aromatic heterocycles. The predicted molar refractivity (Wildman–Crippen MR) is 55.8 cm³/mol. The molecule has 1 nitrogen and oxygen atoms in total. The van der Waals surface area contributed by atoms with Crippen LogP contribution in [0, 0.1) is 6.92 Å². The van der Waals surface area contributed by atoms with E-state index in [9.17, 15) is 0 Å². The summed E-state index contributed by atoms with van der Waals surface area (Å²) in [6, 6.07) is 6.40. The van der Waals surface area contributed by atoms with Crippen molar-refractivity contribution in [2.45, 2.75) is 6.92 Å². The molecule has 12 heavy (non-hydrogen) atoms. The summed E-state index contributed by atoms with van der Waals surface area (Å²) < 4.78 is 0. The molecule has 2 heteroatoms. The summed E-state index contributed by atoms with van der Waals surface area (Å²) in [5.74, 6) is 0. The Morgan fingerprint density at radius 2 is 2.08 bits per heavy atom. The van der Waals surface area contributed by atoms with E-state index >= 15 is 0 Å². The molecule has 1 aromatic carbocycles. The fourth-order valence-corrected chi connectivity index (χ4v) is 1.67. The van der Waals surface area contributed by atoms with Gasteiger partial charge in [0.05, 0.1) is 0 Å². The number of hydrogen-bond donors (Lipinski definition) is 0. The van der Waals surface area contributed by atoms with Gasteiger partial charge in [-0.15, -0.1) is 9.24 Å². The average molecular weight is 175 g/mol. The standard InChI is InChI=1S/C10H10NP/c1-7-2-3-9-8(4-7)5-11-6-10(9)12/h2-6H,12H2,1H3. The van der Waals surface area contributed by atoms with Gasteiger partial charge in [-0.1, -0.05) is 17.7 Å². The molecule has 1 heterocycles. The Bertz CT molecular complexity index is 423. The highest BCUT2D eigenvalue weighted by Crippen LogP contribution is 2.13. The molecule has 0 bridgehead atoms. The van der Waals surface area contributed by atoms with Crippen LogP contribution in [0.1, 0.15) is 5.56 Å². The summed E-state index contributed by atoms with van der Waals surface area (Å²) in [7, 11) is 2.70. The van der Waals surface area contributed by atoms with Crippen molar-refractivity contribution < 1.29 is 0 Å². The van der Waals surface area contributed by atoms with Gasteiger partial charge in [0, 0.05) is 17.8 Å². The van der Waals surface area contributed by atoms with Gasteiger partial charge in [0.1, 0.15) is 0 Å². The molecule has 2 aromatic rings. The molecule has 0 saturated carbocycles. The Morgan fingerprint density at radius 3 is 2.92 bits per heavy atom. The third kappa shape index (κ3) is 1.21. The second kappa shape index (κ2) is 2.84. The highest BCUT2D eigenvalue weighted by molar-refractivity contribution is 7.28. The Morgan fingerprint density at radius 1 is 1.25 bits per heavy atom. The topological polar surface area (TPSA) is 12.9 Å². The van der Waals surface area contributed by atoms with E-state index in [0.29, 0.717) is 0 Å². The molecule has 1 unspecified atom stereocenters. The Balaban J connectivity index is 2.86. The van der Waals surface area contributed by atoms with Crippen LogP contribution in [0.2, 0.25) is 0 Å². The first-order valence-electron chi connectivity index (χ1n) is 3.87. The zero-order valence-electron chi connectivity index (χ0n) is 6.91. The quantitative estimate of drug-likeness (QED) is 0.558. The van der Waals surface area contributed by atoms with Gasteiger partial charge < -0.3 is 0 Å². The Kier molecular flexibility index (Phi) is 1.82. The predicted octanol–water partition coefficient (Wildman–Crippen LogP) is 2.04. The number of aryl methyl sites for hydroxylation is 1. The zero-order chi connectivity index (χ0) is 8.55. The molecule has 0 aliphatic carbocycles. The van der Waals surface area contributed by atoms with Gasteiger partial charge in [-0.25, -0.2) is 0 Å². The van der Waals surface area contributed by atoms with Crippen molar-refractivity contribution in [2.75, 3.05) is 0 Å². The molecule has 0 fully saturated rings. The molecule has 1 atom stereocenters. The highest BCUT2D eigenvalue weighted by atomic mass is 31.0. The number of fused-ring (bicyclic) bond motifs is 1. The average Bonchev–Trinajstić information content (AvgIpc) is 2.04. The smallest absolute Gasteiger partial charge is 0.0346 e. The first-order valence-corrected chi connectivity index (χ1v) is 4.45. The first kappa shape index (κ1) is 7.70. The second-order valence-electron chi connectivity index (χ2n) is 2.95. The van der Waals surface area contributed by atoms with Gasteiger partial charge in [-0.05, 0) is 23.7 Å². The number of benzene rings is 1. The van der Waals surface area contributed by atoms with Crippen LogP contribution < -0.4 is 5.30 Å².